The van der Waals surface area contributed by atoms with Crippen LogP contribution < -0.4 is 0 Å². The van der Waals surface area contributed by atoms with Gasteiger partial charge in [0.2, 0.25) is 0 Å². The molecule has 0 saturated carbocycles. The summed E-state index contributed by atoms with van der Waals surface area (Å²) in [7, 11) is -5.33. The molecule has 0 aliphatic carbocycles. The van der Waals surface area contributed by atoms with Crippen LogP contribution in [0.4, 0.5) is 12.3 Å². The Bertz CT molecular complexity index is 114. The number of hydrogen-bond donors (Lipinski definition) is 0. The summed E-state index contributed by atoms with van der Waals surface area (Å²) in [6.07, 6.45) is 3.72. The van der Waals surface area contributed by atoms with Crippen LogP contribution in [0.15, 0.2) is 24.8 Å². The zero-order valence-corrected chi connectivity index (χ0v) is 5.78. The maximum Gasteiger partial charge on any atom is 0.620 e. The summed E-state index contributed by atoms with van der Waals surface area (Å²) in [5.41, 5.74) is 0. The lowest BCUT2D eigenvalue weighted by molar-refractivity contribution is 0.478. The predicted molar refractivity (Wildman–Crippen MR) is 33.2 cm³/mol. The Labute approximate surface area is 53.2 Å². The van der Waals surface area contributed by atoms with E-state index in [4.69, 9.17) is 0 Å². The molecule has 0 nitrogen and oxygen atoms in total. The molecule has 0 bridgehead atoms. The molecule has 0 amide bonds. The van der Waals surface area contributed by atoms with Crippen LogP contribution in [0.1, 0.15) is 0 Å². The lowest BCUT2D eigenvalue weighted by Gasteiger charge is -1.93. The van der Waals surface area contributed by atoms with E-state index in [1.54, 1.807) is 0 Å². The molecular formula is C5H7F3Si. The van der Waals surface area contributed by atoms with Crippen LogP contribution in [-0.4, -0.2) is 9.08 Å². The molecule has 0 fully saturated rings. The zero-order valence-electron chi connectivity index (χ0n) is 4.78. The number of allylic oxidation sites excluding steroid dienone is 3. The fourth-order valence-electron chi connectivity index (χ4n) is 0.298. The highest BCUT2D eigenvalue weighted by Crippen LogP contribution is 2.14. The predicted octanol–water partition coefficient (Wildman–Crippen LogP) is 2.58. The van der Waals surface area contributed by atoms with Gasteiger partial charge in [0.15, 0.2) is 0 Å². The Hall–Kier alpha value is -0.513. The van der Waals surface area contributed by atoms with Gasteiger partial charge in [0.05, 0.1) is 0 Å². The van der Waals surface area contributed by atoms with Crippen molar-refractivity contribution in [1.29, 1.82) is 0 Å². The van der Waals surface area contributed by atoms with E-state index in [1.165, 1.54) is 12.2 Å². The summed E-state index contributed by atoms with van der Waals surface area (Å²) in [6, 6.07) is -0.737. The van der Waals surface area contributed by atoms with Crippen molar-refractivity contribution >= 4 is 9.08 Å². The molecule has 0 aromatic heterocycles. The third-order valence-electron chi connectivity index (χ3n) is 0.621. The van der Waals surface area contributed by atoms with Crippen LogP contribution in [0.5, 0.6) is 0 Å². The second kappa shape index (κ2) is 3.50. The van der Waals surface area contributed by atoms with Crippen molar-refractivity contribution in [3.8, 4) is 0 Å². The second-order valence-corrected chi connectivity index (χ2v) is 3.12. The molecule has 0 spiro atoms. The molecule has 0 aliphatic rings. The van der Waals surface area contributed by atoms with Gasteiger partial charge in [-0.05, 0) is 0 Å². The standard InChI is InChI=1S/C5H7F3Si/c1-2-3-4-5-9(6,7)8/h2-4H,1,5H2. The van der Waals surface area contributed by atoms with Gasteiger partial charge in [-0.3, -0.25) is 0 Å². The van der Waals surface area contributed by atoms with Crippen molar-refractivity contribution in [3.63, 3.8) is 0 Å². The molecule has 0 heterocycles. The average molecular weight is 152 g/mol. The highest BCUT2D eigenvalue weighted by molar-refractivity contribution is 6.58. The normalized spacial score (nSPS) is 12.3. The van der Waals surface area contributed by atoms with E-state index in [9.17, 15) is 12.3 Å². The van der Waals surface area contributed by atoms with Crippen LogP contribution in [0, 0.1) is 0 Å². The lowest BCUT2D eigenvalue weighted by atomic mass is 10.5. The van der Waals surface area contributed by atoms with Gasteiger partial charge in [0.1, 0.15) is 0 Å². The Morgan fingerprint density at radius 1 is 1.33 bits per heavy atom. The minimum absolute atomic E-state index is 0.737. The van der Waals surface area contributed by atoms with Crippen LogP contribution in [0.2, 0.25) is 6.04 Å². The van der Waals surface area contributed by atoms with Gasteiger partial charge < -0.3 is 0 Å². The summed E-state index contributed by atoms with van der Waals surface area (Å²) in [5.74, 6) is 0. The molecule has 0 saturated heterocycles. The van der Waals surface area contributed by atoms with E-state index in [0.717, 1.165) is 6.08 Å². The Morgan fingerprint density at radius 2 is 1.89 bits per heavy atom. The number of rotatable bonds is 3. The summed E-state index contributed by atoms with van der Waals surface area (Å²) in [5, 5.41) is 0. The fraction of sp³-hybridized carbons (Fsp3) is 0.200. The molecule has 9 heavy (non-hydrogen) atoms. The van der Waals surface area contributed by atoms with Gasteiger partial charge in [-0.15, -0.1) is 0 Å². The minimum Gasteiger partial charge on any atom is -0.237 e. The fourth-order valence-corrected chi connectivity index (χ4v) is 0.701. The Morgan fingerprint density at radius 3 is 2.22 bits per heavy atom. The Kier molecular flexibility index (Phi) is 3.30. The van der Waals surface area contributed by atoms with Crippen LogP contribution in [0.3, 0.4) is 0 Å². The van der Waals surface area contributed by atoms with Crippen molar-refractivity contribution in [3.05, 3.63) is 24.8 Å². The molecule has 0 aromatic carbocycles. The summed E-state index contributed by atoms with van der Waals surface area (Å²) >= 11 is 0. The van der Waals surface area contributed by atoms with E-state index >= 15 is 0 Å². The van der Waals surface area contributed by atoms with E-state index in [0.29, 0.717) is 0 Å². The largest absolute Gasteiger partial charge is 0.620 e. The molecule has 0 aromatic rings. The van der Waals surface area contributed by atoms with Crippen molar-refractivity contribution in [2.24, 2.45) is 0 Å². The van der Waals surface area contributed by atoms with E-state index in [-0.39, 0.29) is 0 Å². The van der Waals surface area contributed by atoms with Crippen molar-refractivity contribution in [1.82, 2.24) is 0 Å². The molecular weight excluding hydrogens is 145 g/mol. The van der Waals surface area contributed by atoms with Crippen molar-refractivity contribution in [2.75, 3.05) is 0 Å². The molecule has 0 radical (unpaired) electrons. The summed E-state index contributed by atoms with van der Waals surface area (Å²) in [4.78, 5) is 0. The highest BCUT2D eigenvalue weighted by Gasteiger charge is 2.34. The lowest BCUT2D eigenvalue weighted by Crippen LogP contribution is -2.11. The smallest absolute Gasteiger partial charge is 0.237 e. The molecule has 52 valence electrons. The van der Waals surface area contributed by atoms with Crippen molar-refractivity contribution < 1.29 is 12.3 Å². The summed E-state index contributed by atoms with van der Waals surface area (Å²) in [6.45, 7) is 3.24. The summed E-state index contributed by atoms with van der Waals surface area (Å²) < 4.78 is 34.3. The van der Waals surface area contributed by atoms with Crippen LogP contribution in [-0.2, 0) is 0 Å². The zero-order chi connectivity index (χ0) is 7.33. The van der Waals surface area contributed by atoms with Gasteiger partial charge in [0, 0.05) is 6.04 Å². The monoisotopic (exact) mass is 152 g/mol. The Balaban J connectivity index is 3.50. The van der Waals surface area contributed by atoms with E-state index < -0.39 is 15.1 Å². The molecule has 0 aliphatic heterocycles. The number of halogens is 3. The molecule has 4 heteroatoms. The first-order valence-electron chi connectivity index (χ1n) is 2.40. The van der Waals surface area contributed by atoms with E-state index in [1.807, 2.05) is 0 Å². The number of hydrogen-bond acceptors (Lipinski definition) is 0. The topological polar surface area (TPSA) is 0 Å². The van der Waals surface area contributed by atoms with Gasteiger partial charge in [-0.2, -0.15) is 0 Å². The molecule has 0 rings (SSSR count). The minimum atomic E-state index is -5.33. The van der Waals surface area contributed by atoms with Gasteiger partial charge in [0.25, 0.3) is 0 Å². The first-order chi connectivity index (χ1) is 4.06. The molecule has 0 atom stereocenters. The first kappa shape index (κ1) is 8.49. The van der Waals surface area contributed by atoms with Crippen molar-refractivity contribution in [2.45, 2.75) is 6.04 Å². The third kappa shape index (κ3) is 7.49. The van der Waals surface area contributed by atoms with Gasteiger partial charge in [-0.25, -0.2) is 12.3 Å². The molecule has 0 N–H and O–H groups in total. The molecule has 0 unspecified atom stereocenters. The maximum atomic E-state index is 11.4. The first-order valence-corrected chi connectivity index (χ1v) is 4.24. The third-order valence-corrected chi connectivity index (χ3v) is 1.32. The maximum absolute atomic E-state index is 11.4. The highest BCUT2D eigenvalue weighted by atomic mass is 28.5. The quantitative estimate of drug-likeness (QED) is 0.331. The van der Waals surface area contributed by atoms with Crippen LogP contribution in [0.25, 0.3) is 0 Å². The van der Waals surface area contributed by atoms with E-state index in [2.05, 4.69) is 6.58 Å². The van der Waals surface area contributed by atoms with Gasteiger partial charge >= 0.3 is 9.08 Å². The SMILES string of the molecule is C=CC=CC[Si](F)(F)F. The van der Waals surface area contributed by atoms with Gasteiger partial charge in [-0.1, -0.05) is 24.8 Å². The van der Waals surface area contributed by atoms with Crippen LogP contribution >= 0.6 is 0 Å². The average Bonchev–Trinajstić information content (AvgIpc) is 1.63. The second-order valence-electron chi connectivity index (χ2n) is 1.48.